The summed E-state index contributed by atoms with van der Waals surface area (Å²) in [5.74, 6) is 0.188. The van der Waals surface area contributed by atoms with Gasteiger partial charge in [0.05, 0.1) is 6.61 Å². The van der Waals surface area contributed by atoms with Gasteiger partial charge in [0.2, 0.25) is 5.91 Å². The van der Waals surface area contributed by atoms with Gasteiger partial charge in [-0.2, -0.15) is 0 Å². The van der Waals surface area contributed by atoms with Crippen molar-refractivity contribution in [3.05, 3.63) is 28.8 Å². The molecule has 0 saturated heterocycles. The fraction of sp³-hybridized carbons (Fsp3) is 0.611. The third-order valence-corrected chi connectivity index (χ3v) is 5.09. The predicted molar refractivity (Wildman–Crippen MR) is 93.0 cm³/mol. The number of nitrogens with zero attached hydrogens (tertiary/aromatic N) is 2. The van der Waals surface area contributed by atoms with Crippen LogP contribution >= 0.6 is 0 Å². The highest BCUT2D eigenvalue weighted by molar-refractivity contribution is 6.04. The van der Waals surface area contributed by atoms with Gasteiger partial charge in [-0.25, -0.2) is 0 Å². The first kappa shape index (κ1) is 16.5. The van der Waals surface area contributed by atoms with Crippen LogP contribution in [0.2, 0.25) is 0 Å². The lowest BCUT2D eigenvalue weighted by atomic mass is 9.75. The lowest BCUT2D eigenvalue weighted by molar-refractivity contribution is -0.120. The minimum Gasteiger partial charge on any atom is -0.383 e. The summed E-state index contributed by atoms with van der Waals surface area (Å²) in [6.45, 7) is 7.24. The number of hydrogen-bond donors (Lipinski definition) is 0. The topological polar surface area (TPSA) is 32.8 Å². The van der Waals surface area contributed by atoms with Crippen LogP contribution in [0.25, 0.3) is 0 Å². The van der Waals surface area contributed by atoms with Gasteiger partial charge in [0.1, 0.15) is 0 Å². The number of amides is 1. The molecule has 2 heterocycles. The van der Waals surface area contributed by atoms with Crippen LogP contribution in [0.4, 0.5) is 5.69 Å². The van der Waals surface area contributed by atoms with Gasteiger partial charge in [-0.3, -0.25) is 4.79 Å². The average molecular weight is 312 g/mol. The molecule has 2 radical (unpaired) electrons. The molecule has 1 aromatic carbocycles. The third-order valence-electron chi connectivity index (χ3n) is 5.09. The van der Waals surface area contributed by atoms with Crippen molar-refractivity contribution in [1.82, 2.24) is 4.81 Å². The molecule has 0 spiro atoms. The number of hydrogen-bond acceptors (Lipinski definition) is 3. The Morgan fingerprint density at radius 3 is 2.52 bits per heavy atom. The van der Waals surface area contributed by atoms with Gasteiger partial charge in [0, 0.05) is 31.2 Å². The maximum absolute atomic E-state index is 12.6. The second-order valence-electron chi connectivity index (χ2n) is 7.27. The van der Waals surface area contributed by atoms with Crippen molar-refractivity contribution in [3.8, 4) is 0 Å². The zero-order chi connectivity index (χ0) is 16.6. The van der Waals surface area contributed by atoms with Gasteiger partial charge in [-0.15, -0.1) is 0 Å². The number of methoxy groups -OCH3 is 1. The minimum absolute atomic E-state index is 0.125. The van der Waals surface area contributed by atoms with Crippen LogP contribution in [0.15, 0.2) is 12.1 Å². The first-order valence-electron chi connectivity index (χ1n) is 8.37. The quantitative estimate of drug-likeness (QED) is 0.798. The van der Waals surface area contributed by atoms with E-state index in [-0.39, 0.29) is 11.3 Å². The third kappa shape index (κ3) is 3.17. The van der Waals surface area contributed by atoms with Gasteiger partial charge in [0.25, 0.3) is 0 Å². The summed E-state index contributed by atoms with van der Waals surface area (Å²) >= 11 is 0. The number of rotatable bonds is 3. The molecule has 0 bridgehead atoms. The van der Waals surface area contributed by atoms with Crippen LogP contribution in [-0.4, -0.2) is 52.1 Å². The van der Waals surface area contributed by atoms with E-state index in [1.807, 2.05) is 9.71 Å². The van der Waals surface area contributed by atoms with Crippen molar-refractivity contribution < 1.29 is 9.53 Å². The van der Waals surface area contributed by atoms with Gasteiger partial charge in [-0.05, 0) is 48.7 Å². The van der Waals surface area contributed by atoms with Crippen LogP contribution in [0.3, 0.4) is 0 Å². The molecular formula is C18H25BN2O2. The Labute approximate surface area is 140 Å². The smallest absolute Gasteiger partial charge is 0.227 e. The van der Waals surface area contributed by atoms with E-state index in [4.69, 9.17) is 12.7 Å². The molecule has 23 heavy (non-hydrogen) atoms. The van der Waals surface area contributed by atoms with Gasteiger partial charge in [0.15, 0.2) is 7.98 Å². The van der Waals surface area contributed by atoms with Crippen molar-refractivity contribution in [3.63, 3.8) is 0 Å². The lowest BCUT2D eigenvalue weighted by Gasteiger charge is -2.39. The zero-order valence-electron chi connectivity index (χ0n) is 14.4. The summed E-state index contributed by atoms with van der Waals surface area (Å²) in [7, 11) is 7.66. The Hall–Kier alpha value is -1.33. The van der Waals surface area contributed by atoms with Crippen molar-refractivity contribution in [2.75, 3.05) is 38.3 Å². The molecule has 3 rings (SSSR count). The number of carbonyl (C=O) groups is 1. The molecule has 0 aromatic heterocycles. The van der Waals surface area contributed by atoms with Gasteiger partial charge in [-0.1, -0.05) is 19.9 Å². The summed E-state index contributed by atoms with van der Waals surface area (Å²) in [4.78, 5) is 16.4. The fourth-order valence-corrected chi connectivity index (χ4v) is 3.68. The molecule has 2 aliphatic heterocycles. The maximum Gasteiger partial charge on any atom is 0.227 e. The summed E-state index contributed by atoms with van der Waals surface area (Å²) < 4.78 is 5.19. The SMILES string of the molecule is [B]N1CCc2cc3c(cc2CC1)C(C)(C)CC(=O)N3CCOC. The molecule has 0 fully saturated rings. The summed E-state index contributed by atoms with van der Waals surface area (Å²) in [5, 5.41) is 0. The Morgan fingerprint density at radius 1 is 1.22 bits per heavy atom. The van der Waals surface area contributed by atoms with Crippen LogP contribution in [0.1, 0.15) is 37.0 Å². The van der Waals surface area contributed by atoms with Crippen LogP contribution in [0.5, 0.6) is 0 Å². The van der Waals surface area contributed by atoms with E-state index in [2.05, 4.69) is 26.0 Å². The normalized spacial score (nSPS) is 20.8. The molecular weight excluding hydrogens is 287 g/mol. The maximum atomic E-state index is 12.6. The Bertz CT molecular complexity index is 615. The van der Waals surface area contributed by atoms with Gasteiger partial charge >= 0.3 is 0 Å². The number of fused-ring (bicyclic) bond motifs is 2. The molecule has 5 heteroatoms. The molecule has 0 atom stereocenters. The molecule has 0 unspecified atom stereocenters. The highest BCUT2D eigenvalue weighted by Crippen LogP contribution is 2.42. The fourth-order valence-electron chi connectivity index (χ4n) is 3.68. The van der Waals surface area contributed by atoms with E-state index < -0.39 is 0 Å². The molecule has 0 N–H and O–H groups in total. The number of ether oxygens (including phenoxy) is 1. The number of carbonyl (C=O) groups excluding carboxylic acids is 1. The summed E-state index contributed by atoms with van der Waals surface area (Å²) in [5.41, 5.74) is 4.92. The summed E-state index contributed by atoms with van der Waals surface area (Å²) in [6, 6.07) is 4.54. The first-order chi connectivity index (χ1) is 10.9. The van der Waals surface area contributed by atoms with Gasteiger partial charge < -0.3 is 14.4 Å². The van der Waals surface area contributed by atoms with Crippen molar-refractivity contribution in [2.24, 2.45) is 0 Å². The van der Waals surface area contributed by atoms with E-state index in [9.17, 15) is 4.79 Å². The molecule has 2 aliphatic rings. The standard InChI is InChI=1S/C18H25BN2O2/c1-18(2)12-17(22)21(8-9-23-3)16-11-14-5-7-20(19)6-4-13(14)10-15(16)18/h10-11H,4-9,12H2,1-3H3. The van der Waals surface area contributed by atoms with Crippen LogP contribution in [-0.2, 0) is 27.8 Å². The largest absolute Gasteiger partial charge is 0.383 e. The van der Waals surface area contributed by atoms with Crippen LogP contribution < -0.4 is 4.90 Å². The molecule has 122 valence electrons. The molecule has 1 amide bonds. The van der Waals surface area contributed by atoms with E-state index in [1.54, 1.807) is 7.11 Å². The lowest BCUT2D eigenvalue weighted by Crippen LogP contribution is -2.43. The monoisotopic (exact) mass is 312 g/mol. The highest BCUT2D eigenvalue weighted by Gasteiger charge is 2.37. The average Bonchev–Trinajstić information content (AvgIpc) is 2.67. The van der Waals surface area contributed by atoms with Crippen molar-refractivity contribution >= 4 is 19.6 Å². The Balaban J connectivity index is 2.06. The molecule has 4 nitrogen and oxygen atoms in total. The van der Waals surface area contributed by atoms with E-state index in [1.165, 1.54) is 16.7 Å². The number of anilines is 1. The number of benzene rings is 1. The molecule has 1 aromatic rings. The second kappa shape index (κ2) is 6.29. The second-order valence-corrected chi connectivity index (χ2v) is 7.27. The van der Waals surface area contributed by atoms with Crippen LogP contribution in [0, 0.1) is 0 Å². The van der Waals surface area contributed by atoms with Crippen molar-refractivity contribution in [2.45, 2.75) is 38.5 Å². The highest BCUT2D eigenvalue weighted by atomic mass is 16.5. The van der Waals surface area contributed by atoms with E-state index >= 15 is 0 Å². The zero-order valence-corrected chi connectivity index (χ0v) is 14.4. The van der Waals surface area contributed by atoms with E-state index in [0.717, 1.165) is 31.6 Å². The van der Waals surface area contributed by atoms with Crippen molar-refractivity contribution in [1.29, 1.82) is 0 Å². The Morgan fingerprint density at radius 2 is 1.87 bits per heavy atom. The van der Waals surface area contributed by atoms with E-state index in [0.29, 0.717) is 19.6 Å². The Kier molecular flexibility index (Phi) is 4.52. The molecule has 0 aliphatic carbocycles. The predicted octanol–water partition coefficient (Wildman–Crippen LogP) is 1.83. The first-order valence-corrected chi connectivity index (χ1v) is 8.37. The minimum atomic E-state index is -0.125. The summed E-state index contributed by atoms with van der Waals surface area (Å²) in [6.07, 6.45) is 2.46. The molecule has 0 saturated carbocycles.